The summed E-state index contributed by atoms with van der Waals surface area (Å²) >= 11 is 0. The van der Waals surface area contributed by atoms with Crippen LogP contribution < -0.4 is 0 Å². The van der Waals surface area contributed by atoms with E-state index in [9.17, 15) is 9.59 Å². The molecule has 0 bridgehead atoms. The number of hydrogen-bond acceptors (Lipinski definition) is 9. The van der Waals surface area contributed by atoms with E-state index in [0.29, 0.717) is 105 Å². The average Bonchev–Trinajstić information content (AvgIpc) is 2.83. The van der Waals surface area contributed by atoms with Crippen LogP contribution in [0.2, 0.25) is 0 Å². The predicted molar refractivity (Wildman–Crippen MR) is 134 cm³/mol. The van der Waals surface area contributed by atoms with Crippen LogP contribution in [0.4, 0.5) is 0 Å². The Balaban J connectivity index is 3.10. The fraction of sp³-hybridized carbons (Fsp3) is 0.923. The minimum absolute atomic E-state index is 0.101. The van der Waals surface area contributed by atoms with Crippen molar-refractivity contribution >= 4 is 11.6 Å². The van der Waals surface area contributed by atoms with E-state index in [1.165, 1.54) is 0 Å². The van der Waals surface area contributed by atoms with Crippen molar-refractivity contribution in [1.82, 2.24) is 0 Å². The Morgan fingerprint density at radius 2 is 0.600 bits per heavy atom. The molecule has 0 spiro atoms. The first-order valence-corrected chi connectivity index (χ1v) is 13.0. The molecule has 0 rings (SSSR count). The van der Waals surface area contributed by atoms with Gasteiger partial charge in [0.25, 0.3) is 0 Å². The van der Waals surface area contributed by atoms with Crippen LogP contribution >= 0.6 is 0 Å². The molecule has 0 unspecified atom stereocenters. The number of ether oxygens (including phenoxy) is 7. The summed E-state index contributed by atoms with van der Waals surface area (Å²) in [5.41, 5.74) is 0. The maximum Gasteiger partial charge on any atom is 0.135 e. The van der Waals surface area contributed by atoms with Crippen molar-refractivity contribution in [1.29, 1.82) is 0 Å². The molecule has 0 aliphatic heterocycles. The molecule has 9 nitrogen and oxygen atoms in total. The van der Waals surface area contributed by atoms with E-state index in [1.54, 1.807) is 0 Å². The smallest absolute Gasteiger partial charge is 0.135 e. The lowest BCUT2D eigenvalue weighted by Crippen LogP contribution is -2.15. The normalized spacial score (nSPS) is 11.6. The SMILES string of the molecule is CC(C)C(=O)CCCOCCOCCOCCOCCOCCOCCOCCCC(=O)C(C)C. The van der Waals surface area contributed by atoms with Crippen molar-refractivity contribution in [2.24, 2.45) is 11.8 Å². The molecule has 9 heteroatoms. The summed E-state index contributed by atoms with van der Waals surface area (Å²) in [6.07, 6.45) is 2.68. The van der Waals surface area contributed by atoms with Gasteiger partial charge in [0.05, 0.1) is 79.3 Å². The van der Waals surface area contributed by atoms with Gasteiger partial charge >= 0.3 is 0 Å². The number of rotatable bonds is 28. The molecule has 0 atom stereocenters. The molecule has 0 fully saturated rings. The maximum atomic E-state index is 11.5. The molecule has 208 valence electrons. The van der Waals surface area contributed by atoms with Gasteiger partial charge in [0.1, 0.15) is 11.6 Å². The minimum atomic E-state index is 0.101. The molecule has 0 aromatic carbocycles. The van der Waals surface area contributed by atoms with Crippen LogP contribution in [-0.2, 0) is 42.7 Å². The third-order valence-corrected chi connectivity index (χ3v) is 4.94. The molecule has 0 amide bonds. The Hall–Kier alpha value is -0.940. The second-order valence-electron chi connectivity index (χ2n) is 8.74. The highest BCUT2D eigenvalue weighted by molar-refractivity contribution is 5.80. The fourth-order valence-electron chi connectivity index (χ4n) is 2.70. The zero-order chi connectivity index (χ0) is 26.0. The molecule has 0 radical (unpaired) electrons. The van der Waals surface area contributed by atoms with Crippen molar-refractivity contribution in [2.45, 2.75) is 53.4 Å². The number of hydrogen-bond donors (Lipinski definition) is 0. The molecule has 0 aromatic heterocycles. The van der Waals surface area contributed by atoms with Crippen LogP contribution in [0.15, 0.2) is 0 Å². The molecule has 0 aliphatic rings. The molecule has 0 heterocycles. The molecule has 0 N–H and O–H groups in total. The number of Topliss-reactive ketones (excluding diaryl/α,β-unsaturated/α-hetero) is 2. The molecule has 0 aromatic rings. The average molecular weight is 507 g/mol. The lowest BCUT2D eigenvalue weighted by Gasteiger charge is -2.09. The van der Waals surface area contributed by atoms with Gasteiger partial charge in [-0.15, -0.1) is 0 Å². The first-order valence-electron chi connectivity index (χ1n) is 13.0. The zero-order valence-electron chi connectivity index (χ0n) is 22.6. The quantitative estimate of drug-likeness (QED) is 0.148. The third kappa shape index (κ3) is 25.9. The van der Waals surface area contributed by atoms with Crippen LogP contribution in [0.3, 0.4) is 0 Å². The third-order valence-electron chi connectivity index (χ3n) is 4.94. The van der Waals surface area contributed by atoms with Gasteiger partial charge < -0.3 is 33.2 Å². The maximum absolute atomic E-state index is 11.5. The summed E-state index contributed by atoms with van der Waals surface area (Å²) in [4.78, 5) is 22.9. The van der Waals surface area contributed by atoms with Crippen LogP contribution in [-0.4, -0.2) is 104 Å². The Morgan fingerprint density at radius 3 is 0.800 bits per heavy atom. The van der Waals surface area contributed by atoms with Crippen molar-refractivity contribution in [2.75, 3.05) is 92.5 Å². The first-order chi connectivity index (χ1) is 16.9. The minimum Gasteiger partial charge on any atom is -0.379 e. The van der Waals surface area contributed by atoms with Gasteiger partial charge in [0.15, 0.2) is 0 Å². The molecule has 35 heavy (non-hydrogen) atoms. The Morgan fingerprint density at radius 1 is 0.400 bits per heavy atom. The van der Waals surface area contributed by atoms with Crippen LogP contribution in [0.25, 0.3) is 0 Å². The number of ketones is 2. The second-order valence-corrected chi connectivity index (χ2v) is 8.74. The van der Waals surface area contributed by atoms with Crippen molar-refractivity contribution in [3.63, 3.8) is 0 Å². The highest BCUT2D eigenvalue weighted by Crippen LogP contribution is 2.02. The lowest BCUT2D eigenvalue weighted by atomic mass is 10.1. The lowest BCUT2D eigenvalue weighted by molar-refractivity contribution is -0.123. The summed E-state index contributed by atoms with van der Waals surface area (Å²) in [6, 6.07) is 0. The van der Waals surface area contributed by atoms with E-state index in [0.717, 1.165) is 12.8 Å². The molecular formula is C26H50O9. The molecular weight excluding hydrogens is 456 g/mol. The predicted octanol–water partition coefficient (Wildman–Crippen LogP) is 3.11. The van der Waals surface area contributed by atoms with Crippen molar-refractivity contribution < 1.29 is 42.7 Å². The van der Waals surface area contributed by atoms with E-state index in [4.69, 9.17) is 33.2 Å². The van der Waals surface area contributed by atoms with Gasteiger partial charge in [-0.05, 0) is 12.8 Å². The topological polar surface area (TPSA) is 98.8 Å². The summed E-state index contributed by atoms with van der Waals surface area (Å²) < 4.78 is 38.1. The fourth-order valence-corrected chi connectivity index (χ4v) is 2.70. The zero-order valence-corrected chi connectivity index (χ0v) is 22.6. The number of carbonyl (C=O) groups excluding carboxylic acids is 2. The Labute approximate surface area is 212 Å². The van der Waals surface area contributed by atoms with E-state index in [-0.39, 0.29) is 23.4 Å². The summed E-state index contributed by atoms with van der Waals surface area (Å²) in [7, 11) is 0. The van der Waals surface area contributed by atoms with Crippen LogP contribution in [0.5, 0.6) is 0 Å². The van der Waals surface area contributed by atoms with Gasteiger partial charge in [0, 0.05) is 37.9 Å². The first kappa shape index (κ1) is 34.1. The van der Waals surface area contributed by atoms with Crippen molar-refractivity contribution in [3.8, 4) is 0 Å². The van der Waals surface area contributed by atoms with E-state index in [1.807, 2.05) is 27.7 Å². The standard InChI is InChI=1S/C26H50O9/c1-23(2)25(27)7-5-9-29-11-13-31-15-17-33-19-21-35-22-20-34-18-16-32-14-12-30-10-6-8-26(28)24(3)4/h23-24H,5-22H2,1-4H3. The van der Waals surface area contributed by atoms with E-state index < -0.39 is 0 Å². The van der Waals surface area contributed by atoms with Crippen LogP contribution in [0, 0.1) is 11.8 Å². The molecule has 0 saturated carbocycles. The Bertz CT molecular complexity index is 441. The van der Waals surface area contributed by atoms with Gasteiger partial charge in [0.2, 0.25) is 0 Å². The van der Waals surface area contributed by atoms with Gasteiger partial charge in [-0.25, -0.2) is 0 Å². The van der Waals surface area contributed by atoms with E-state index in [2.05, 4.69) is 0 Å². The summed E-state index contributed by atoms with van der Waals surface area (Å²) in [6.45, 7) is 15.0. The van der Waals surface area contributed by atoms with E-state index >= 15 is 0 Å². The largest absolute Gasteiger partial charge is 0.379 e. The van der Waals surface area contributed by atoms with Crippen molar-refractivity contribution in [3.05, 3.63) is 0 Å². The van der Waals surface area contributed by atoms with Gasteiger partial charge in [-0.3, -0.25) is 9.59 Å². The number of carbonyl (C=O) groups is 2. The van der Waals surface area contributed by atoms with Gasteiger partial charge in [-0.1, -0.05) is 27.7 Å². The molecule has 0 saturated heterocycles. The van der Waals surface area contributed by atoms with Crippen LogP contribution in [0.1, 0.15) is 53.4 Å². The summed E-state index contributed by atoms with van der Waals surface area (Å²) in [5.74, 6) is 0.769. The highest BCUT2D eigenvalue weighted by Gasteiger charge is 2.06. The second kappa shape index (κ2) is 26.1. The molecule has 0 aliphatic carbocycles. The van der Waals surface area contributed by atoms with Gasteiger partial charge in [-0.2, -0.15) is 0 Å². The monoisotopic (exact) mass is 506 g/mol. The highest BCUT2D eigenvalue weighted by atomic mass is 16.6. The summed E-state index contributed by atoms with van der Waals surface area (Å²) in [5, 5.41) is 0. The Kier molecular flexibility index (Phi) is 25.4.